The van der Waals surface area contributed by atoms with Gasteiger partial charge in [-0.25, -0.2) is 4.79 Å². The molecule has 4 heteroatoms. The molecule has 0 N–H and O–H groups in total. The zero-order chi connectivity index (χ0) is 16.0. The molecule has 0 bridgehead atoms. The van der Waals surface area contributed by atoms with Gasteiger partial charge in [-0.05, 0) is 98.8 Å². The smallest absolute Gasteiger partial charge is 0.343 e. The number of halogens is 2. The Labute approximate surface area is 161 Å². The lowest BCUT2D eigenvalue weighted by atomic mass is 10.0. The molecule has 0 heterocycles. The average Bonchev–Trinajstić information content (AvgIpc) is 2.94. The van der Waals surface area contributed by atoms with Crippen molar-refractivity contribution in [3.05, 3.63) is 72.4 Å². The van der Waals surface area contributed by atoms with E-state index in [0.717, 1.165) is 25.4 Å². The summed E-state index contributed by atoms with van der Waals surface area (Å²) in [7, 11) is 0. The molecule has 0 fully saturated rings. The Bertz CT molecular complexity index is 917. The van der Waals surface area contributed by atoms with Gasteiger partial charge in [0.15, 0.2) is 0 Å². The Kier molecular flexibility index (Phi) is 4.05. The van der Waals surface area contributed by atoms with Gasteiger partial charge in [0.1, 0.15) is 5.75 Å². The molecule has 3 aromatic rings. The highest BCUT2D eigenvalue weighted by atomic mass is 127. The molecule has 0 saturated carbocycles. The number of benzene rings is 3. The fraction of sp³-hybridized carbons (Fsp3) is 0.105. The predicted octanol–water partition coefficient (Wildman–Crippen LogP) is 5.37. The number of hydrogen-bond acceptors (Lipinski definition) is 2. The fourth-order valence-electron chi connectivity index (χ4n) is 3.14. The van der Waals surface area contributed by atoms with Crippen LogP contribution >= 0.6 is 45.2 Å². The number of aryl methyl sites for hydroxylation is 2. The third kappa shape index (κ3) is 2.87. The van der Waals surface area contributed by atoms with Crippen LogP contribution in [0.5, 0.6) is 5.75 Å². The van der Waals surface area contributed by atoms with Crippen molar-refractivity contribution in [1.82, 2.24) is 0 Å². The summed E-state index contributed by atoms with van der Waals surface area (Å²) < 4.78 is 7.77. The monoisotopic (exact) mass is 526 g/mol. The van der Waals surface area contributed by atoms with Crippen molar-refractivity contribution < 1.29 is 9.53 Å². The van der Waals surface area contributed by atoms with Crippen LogP contribution in [0.4, 0.5) is 0 Å². The van der Waals surface area contributed by atoms with Crippen LogP contribution < -0.4 is 4.74 Å². The van der Waals surface area contributed by atoms with Gasteiger partial charge in [-0.1, -0.05) is 24.3 Å². The van der Waals surface area contributed by atoms with Crippen LogP contribution in [-0.4, -0.2) is 5.97 Å². The van der Waals surface area contributed by atoms with Gasteiger partial charge in [-0.15, -0.1) is 0 Å². The summed E-state index contributed by atoms with van der Waals surface area (Å²) in [6.45, 7) is 0. The van der Waals surface area contributed by atoms with Crippen LogP contribution in [0.25, 0.3) is 10.8 Å². The molecule has 3 aromatic carbocycles. The van der Waals surface area contributed by atoms with Gasteiger partial charge < -0.3 is 4.74 Å². The summed E-state index contributed by atoms with van der Waals surface area (Å²) in [5, 5.41) is 2.29. The molecule has 1 aliphatic carbocycles. The quantitative estimate of drug-likeness (QED) is 0.255. The van der Waals surface area contributed by atoms with E-state index in [-0.39, 0.29) is 5.97 Å². The second kappa shape index (κ2) is 6.05. The number of carbonyl (C=O) groups is 1. The highest BCUT2D eigenvalue weighted by molar-refractivity contribution is 14.1. The van der Waals surface area contributed by atoms with Crippen molar-refractivity contribution in [1.29, 1.82) is 0 Å². The van der Waals surface area contributed by atoms with E-state index in [4.69, 9.17) is 4.74 Å². The number of rotatable bonds is 2. The Balaban J connectivity index is 1.75. The standard InChI is InChI=1S/C19H12I2O2/c20-14-8-13(9-15(21)10-14)19(22)23-17-7-6-12-5-4-11-2-1-3-16(17)18(11)12/h1-3,6-10H,4-5H2. The maximum Gasteiger partial charge on any atom is 0.343 e. The van der Waals surface area contributed by atoms with Gasteiger partial charge in [0, 0.05) is 12.5 Å². The second-order valence-electron chi connectivity index (χ2n) is 5.61. The first-order valence-electron chi connectivity index (χ1n) is 7.33. The van der Waals surface area contributed by atoms with Crippen molar-refractivity contribution in [3.8, 4) is 5.75 Å². The van der Waals surface area contributed by atoms with Crippen LogP contribution in [0.1, 0.15) is 21.5 Å². The predicted molar refractivity (Wildman–Crippen MR) is 108 cm³/mol. The Morgan fingerprint density at radius 1 is 0.913 bits per heavy atom. The summed E-state index contributed by atoms with van der Waals surface area (Å²) in [4.78, 5) is 12.5. The average molecular weight is 526 g/mol. The summed E-state index contributed by atoms with van der Waals surface area (Å²) in [5.41, 5.74) is 3.28. The zero-order valence-corrected chi connectivity index (χ0v) is 16.4. The summed E-state index contributed by atoms with van der Waals surface area (Å²) in [6, 6.07) is 16.0. The Hall–Kier alpha value is -1.15. The largest absolute Gasteiger partial charge is 0.422 e. The van der Waals surface area contributed by atoms with E-state index in [1.807, 2.05) is 36.4 Å². The molecule has 0 spiro atoms. The molecular weight excluding hydrogens is 514 g/mol. The van der Waals surface area contributed by atoms with Crippen molar-refractivity contribution in [2.45, 2.75) is 12.8 Å². The number of esters is 1. The van der Waals surface area contributed by atoms with Gasteiger partial charge in [-0.2, -0.15) is 0 Å². The molecule has 2 nitrogen and oxygen atoms in total. The Morgan fingerprint density at radius 3 is 2.35 bits per heavy atom. The molecular formula is C19H12I2O2. The molecule has 0 amide bonds. The van der Waals surface area contributed by atoms with Gasteiger partial charge in [0.05, 0.1) is 5.56 Å². The van der Waals surface area contributed by atoms with Crippen LogP contribution in [0.3, 0.4) is 0 Å². The fourth-order valence-corrected chi connectivity index (χ4v) is 5.08. The van der Waals surface area contributed by atoms with E-state index < -0.39 is 0 Å². The minimum absolute atomic E-state index is 0.305. The van der Waals surface area contributed by atoms with Crippen molar-refractivity contribution in [3.63, 3.8) is 0 Å². The van der Waals surface area contributed by atoms with Crippen LogP contribution in [0, 0.1) is 7.14 Å². The van der Waals surface area contributed by atoms with Crippen molar-refractivity contribution >= 4 is 61.9 Å². The Morgan fingerprint density at radius 2 is 1.61 bits per heavy atom. The number of carbonyl (C=O) groups excluding carboxylic acids is 1. The maximum atomic E-state index is 12.5. The van der Waals surface area contributed by atoms with Crippen LogP contribution in [0.2, 0.25) is 0 Å². The molecule has 4 rings (SSSR count). The third-order valence-corrected chi connectivity index (χ3v) is 5.38. The van der Waals surface area contributed by atoms with E-state index in [1.54, 1.807) is 0 Å². The molecule has 0 aromatic heterocycles. The van der Waals surface area contributed by atoms with E-state index in [0.29, 0.717) is 11.3 Å². The second-order valence-corrected chi connectivity index (χ2v) is 8.10. The summed E-state index contributed by atoms with van der Waals surface area (Å²) in [5.74, 6) is 0.339. The first kappa shape index (κ1) is 15.4. The number of ether oxygens (including phenoxy) is 1. The summed E-state index contributed by atoms with van der Waals surface area (Å²) >= 11 is 4.43. The van der Waals surface area contributed by atoms with Gasteiger partial charge in [0.25, 0.3) is 0 Å². The molecule has 0 saturated heterocycles. The molecule has 23 heavy (non-hydrogen) atoms. The molecule has 114 valence electrons. The lowest BCUT2D eigenvalue weighted by Gasteiger charge is -2.10. The van der Waals surface area contributed by atoms with Gasteiger partial charge >= 0.3 is 5.97 Å². The van der Waals surface area contributed by atoms with E-state index >= 15 is 0 Å². The molecule has 1 aliphatic rings. The zero-order valence-electron chi connectivity index (χ0n) is 12.1. The lowest BCUT2D eigenvalue weighted by Crippen LogP contribution is -2.09. The highest BCUT2D eigenvalue weighted by Gasteiger charge is 2.18. The van der Waals surface area contributed by atoms with Gasteiger partial charge in [-0.3, -0.25) is 0 Å². The first-order chi connectivity index (χ1) is 11.1. The van der Waals surface area contributed by atoms with E-state index in [9.17, 15) is 4.79 Å². The third-order valence-electron chi connectivity index (χ3n) is 4.14. The summed E-state index contributed by atoms with van der Waals surface area (Å²) in [6.07, 6.45) is 2.14. The highest BCUT2D eigenvalue weighted by Crippen LogP contribution is 2.36. The first-order valence-corrected chi connectivity index (χ1v) is 9.49. The van der Waals surface area contributed by atoms with E-state index in [2.05, 4.69) is 57.3 Å². The van der Waals surface area contributed by atoms with Crippen LogP contribution in [-0.2, 0) is 12.8 Å². The minimum Gasteiger partial charge on any atom is -0.422 e. The molecule has 0 aliphatic heterocycles. The SMILES string of the molecule is O=C(Oc1ccc2c3c(cccc13)CC2)c1cc(I)cc(I)c1. The maximum absolute atomic E-state index is 12.5. The molecule has 0 atom stereocenters. The molecule has 0 unspecified atom stereocenters. The van der Waals surface area contributed by atoms with Crippen molar-refractivity contribution in [2.75, 3.05) is 0 Å². The lowest BCUT2D eigenvalue weighted by molar-refractivity contribution is 0.0737. The number of hydrogen-bond donors (Lipinski definition) is 0. The van der Waals surface area contributed by atoms with Crippen molar-refractivity contribution in [2.24, 2.45) is 0 Å². The topological polar surface area (TPSA) is 26.3 Å². The van der Waals surface area contributed by atoms with Gasteiger partial charge in [0.2, 0.25) is 0 Å². The minimum atomic E-state index is -0.305. The van der Waals surface area contributed by atoms with E-state index in [1.165, 1.54) is 16.5 Å². The van der Waals surface area contributed by atoms with Crippen LogP contribution in [0.15, 0.2) is 48.5 Å². The normalized spacial score (nSPS) is 12.6. The molecule has 0 radical (unpaired) electrons.